The average Bonchev–Trinajstić information content (AvgIpc) is 2.95. The first-order chi connectivity index (χ1) is 13.9. The minimum Gasteiger partial charge on any atom is -0.389 e. The first kappa shape index (κ1) is 21.6. The molecule has 154 valence electrons. The highest BCUT2D eigenvalue weighted by atomic mass is 35.5. The van der Waals surface area contributed by atoms with Gasteiger partial charge in [0.1, 0.15) is 5.54 Å². The number of halogens is 2. The van der Waals surface area contributed by atoms with Gasteiger partial charge in [0.15, 0.2) is 0 Å². The van der Waals surface area contributed by atoms with Gasteiger partial charge in [-0.3, -0.25) is 9.69 Å². The van der Waals surface area contributed by atoms with Crippen molar-refractivity contribution in [1.82, 2.24) is 10.2 Å². The van der Waals surface area contributed by atoms with Crippen molar-refractivity contribution < 1.29 is 19.4 Å². The molecule has 2 atom stereocenters. The summed E-state index contributed by atoms with van der Waals surface area (Å²) in [4.78, 5) is 26.6. The van der Waals surface area contributed by atoms with Crippen molar-refractivity contribution in [3.05, 3.63) is 69.7 Å². The molecule has 3 amide bonds. The molecule has 3 rings (SSSR count). The fraction of sp³-hybridized carbons (Fsp3) is 0.333. The Morgan fingerprint density at radius 1 is 1.14 bits per heavy atom. The number of hydrogen-bond donors (Lipinski definition) is 2. The lowest BCUT2D eigenvalue weighted by molar-refractivity contribution is -0.133. The van der Waals surface area contributed by atoms with Gasteiger partial charge >= 0.3 is 6.03 Å². The van der Waals surface area contributed by atoms with Crippen LogP contribution >= 0.6 is 23.2 Å². The summed E-state index contributed by atoms with van der Waals surface area (Å²) < 4.78 is 5.50. The number of urea groups is 1. The average molecular weight is 437 g/mol. The number of carbonyl (C=O) groups is 2. The van der Waals surface area contributed by atoms with Crippen molar-refractivity contribution in [2.45, 2.75) is 31.6 Å². The van der Waals surface area contributed by atoms with Gasteiger partial charge in [0, 0.05) is 10.0 Å². The van der Waals surface area contributed by atoms with E-state index >= 15 is 0 Å². The van der Waals surface area contributed by atoms with Gasteiger partial charge in [0.25, 0.3) is 5.91 Å². The predicted octanol–water partition coefficient (Wildman–Crippen LogP) is 3.73. The van der Waals surface area contributed by atoms with Gasteiger partial charge in [0.2, 0.25) is 0 Å². The zero-order chi connectivity index (χ0) is 21.0. The van der Waals surface area contributed by atoms with Crippen molar-refractivity contribution in [3.8, 4) is 0 Å². The number of nitrogens with one attached hydrogen (secondary N) is 1. The van der Waals surface area contributed by atoms with Crippen LogP contribution in [0.2, 0.25) is 10.0 Å². The van der Waals surface area contributed by atoms with Gasteiger partial charge in [-0.25, -0.2) is 4.79 Å². The van der Waals surface area contributed by atoms with Crippen LogP contribution in [0.3, 0.4) is 0 Å². The smallest absolute Gasteiger partial charge is 0.325 e. The molecule has 2 aromatic rings. The molecule has 2 aromatic carbocycles. The van der Waals surface area contributed by atoms with Crippen LogP contribution in [0.5, 0.6) is 0 Å². The maximum atomic E-state index is 13.1. The topological polar surface area (TPSA) is 78.9 Å². The highest BCUT2D eigenvalue weighted by Gasteiger charge is 2.51. The quantitative estimate of drug-likeness (QED) is 0.617. The molecule has 1 aliphatic heterocycles. The Hall–Kier alpha value is -2.12. The number of benzene rings is 2. The highest BCUT2D eigenvalue weighted by Crippen LogP contribution is 2.33. The van der Waals surface area contributed by atoms with Gasteiger partial charge in [-0.15, -0.1) is 0 Å². The third kappa shape index (κ3) is 4.56. The number of nitrogens with zero attached hydrogens (tertiary/aromatic N) is 1. The Balaban J connectivity index is 1.63. The number of β-amino-alcohol motifs (C(OH)–C–C–N with tert-alkyl or cyclic N) is 1. The Morgan fingerprint density at radius 2 is 1.83 bits per heavy atom. The number of amides is 3. The first-order valence-electron chi connectivity index (χ1n) is 9.26. The van der Waals surface area contributed by atoms with E-state index in [2.05, 4.69) is 5.32 Å². The van der Waals surface area contributed by atoms with E-state index in [1.807, 2.05) is 25.1 Å². The number of carbonyl (C=O) groups excluding carboxylic acids is 2. The van der Waals surface area contributed by atoms with Crippen molar-refractivity contribution >= 4 is 35.1 Å². The van der Waals surface area contributed by atoms with Crippen molar-refractivity contribution in [2.24, 2.45) is 0 Å². The molecule has 1 heterocycles. The second-order valence-electron chi connectivity index (χ2n) is 6.87. The molecule has 0 bridgehead atoms. The van der Waals surface area contributed by atoms with Crippen molar-refractivity contribution in [3.63, 3.8) is 0 Å². The maximum absolute atomic E-state index is 13.1. The van der Waals surface area contributed by atoms with Crippen LogP contribution in [0.1, 0.15) is 24.5 Å². The van der Waals surface area contributed by atoms with Crippen LogP contribution < -0.4 is 5.32 Å². The molecule has 2 N–H and O–H groups in total. The SMILES string of the molecule is CCC1(c2ccc(Cl)cc2)NC(=O)N(CC(O)COCc2ccccc2Cl)C1=O. The van der Waals surface area contributed by atoms with E-state index in [0.29, 0.717) is 22.0 Å². The molecule has 0 aliphatic carbocycles. The monoisotopic (exact) mass is 436 g/mol. The summed E-state index contributed by atoms with van der Waals surface area (Å²) in [6, 6.07) is 13.5. The van der Waals surface area contributed by atoms with Crippen LogP contribution in [-0.2, 0) is 21.7 Å². The molecule has 29 heavy (non-hydrogen) atoms. The number of ether oxygens (including phenoxy) is 1. The fourth-order valence-corrected chi connectivity index (χ4v) is 3.67. The summed E-state index contributed by atoms with van der Waals surface area (Å²) in [6.07, 6.45) is -0.653. The van der Waals surface area contributed by atoms with Gasteiger partial charge in [-0.1, -0.05) is 60.5 Å². The lowest BCUT2D eigenvalue weighted by atomic mass is 9.87. The normalized spacial score (nSPS) is 20.1. The molecular formula is C21H22Cl2N2O4. The molecule has 2 unspecified atom stereocenters. The summed E-state index contributed by atoms with van der Waals surface area (Å²) in [5.74, 6) is -0.405. The van der Waals surface area contributed by atoms with Crippen LogP contribution in [-0.4, -0.2) is 41.2 Å². The predicted molar refractivity (Wildman–Crippen MR) is 111 cm³/mol. The molecule has 0 saturated carbocycles. The number of aliphatic hydroxyl groups is 1. The van der Waals surface area contributed by atoms with E-state index in [0.717, 1.165) is 10.5 Å². The van der Waals surface area contributed by atoms with E-state index in [1.54, 1.807) is 30.3 Å². The third-order valence-electron chi connectivity index (χ3n) is 4.96. The first-order valence-corrected chi connectivity index (χ1v) is 10.0. The number of rotatable bonds is 8. The van der Waals surface area contributed by atoms with Gasteiger partial charge < -0.3 is 15.2 Å². The summed E-state index contributed by atoms with van der Waals surface area (Å²) in [5.41, 5.74) is 0.276. The fourth-order valence-electron chi connectivity index (χ4n) is 3.35. The van der Waals surface area contributed by atoms with Gasteiger partial charge in [-0.2, -0.15) is 0 Å². The zero-order valence-corrected chi connectivity index (χ0v) is 17.4. The Morgan fingerprint density at radius 3 is 2.48 bits per heavy atom. The van der Waals surface area contributed by atoms with Crippen LogP contribution in [0.25, 0.3) is 0 Å². The molecule has 1 saturated heterocycles. The highest BCUT2D eigenvalue weighted by molar-refractivity contribution is 6.31. The van der Waals surface area contributed by atoms with Crippen LogP contribution in [0.15, 0.2) is 48.5 Å². The Kier molecular flexibility index (Phi) is 6.80. The minimum atomic E-state index is -1.17. The summed E-state index contributed by atoms with van der Waals surface area (Å²) in [6.45, 7) is 1.84. The van der Waals surface area contributed by atoms with E-state index in [9.17, 15) is 14.7 Å². The number of imide groups is 1. The minimum absolute atomic E-state index is 0.0393. The van der Waals surface area contributed by atoms with Crippen molar-refractivity contribution in [1.29, 1.82) is 0 Å². The molecule has 1 aliphatic rings. The second kappa shape index (κ2) is 9.13. The molecule has 0 spiro atoms. The van der Waals surface area contributed by atoms with Crippen LogP contribution in [0.4, 0.5) is 4.79 Å². The second-order valence-corrected chi connectivity index (χ2v) is 7.72. The summed E-state index contributed by atoms with van der Waals surface area (Å²) >= 11 is 12.0. The Labute approximate surface area is 179 Å². The molecule has 1 fully saturated rings. The molecule has 6 nitrogen and oxygen atoms in total. The lowest BCUT2D eigenvalue weighted by Crippen LogP contribution is -2.44. The summed E-state index contributed by atoms with van der Waals surface area (Å²) in [5, 5.41) is 14.2. The third-order valence-corrected chi connectivity index (χ3v) is 5.58. The summed E-state index contributed by atoms with van der Waals surface area (Å²) in [7, 11) is 0. The van der Waals surface area contributed by atoms with E-state index in [4.69, 9.17) is 27.9 Å². The van der Waals surface area contributed by atoms with E-state index in [-0.39, 0.29) is 19.8 Å². The number of hydrogen-bond acceptors (Lipinski definition) is 4. The van der Waals surface area contributed by atoms with Crippen molar-refractivity contribution in [2.75, 3.05) is 13.2 Å². The van der Waals surface area contributed by atoms with Gasteiger partial charge in [-0.05, 0) is 35.7 Å². The standard InChI is InChI=1S/C21H22Cl2N2O4/c1-2-21(15-7-9-16(22)10-8-15)19(27)25(20(28)24-21)11-17(26)13-29-12-14-5-3-4-6-18(14)23/h3-10,17,26H,2,11-13H2,1H3,(H,24,28). The Bertz CT molecular complexity index is 891. The molecule has 0 radical (unpaired) electrons. The maximum Gasteiger partial charge on any atom is 0.325 e. The molecule has 8 heteroatoms. The molecule has 0 aromatic heterocycles. The van der Waals surface area contributed by atoms with Crippen LogP contribution in [0, 0.1) is 0 Å². The zero-order valence-electron chi connectivity index (χ0n) is 15.9. The number of aliphatic hydroxyl groups excluding tert-OH is 1. The largest absolute Gasteiger partial charge is 0.389 e. The lowest BCUT2D eigenvalue weighted by Gasteiger charge is -2.26. The van der Waals surface area contributed by atoms with E-state index in [1.165, 1.54) is 0 Å². The van der Waals surface area contributed by atoms with E-state index < -0.39 is 23.6 Å². The molecular weight excluding hydrogens is 415 g/mol. The van der Waals surface area contributed by atoms with Gasteiger partial charge in [0.05, 0.1) is 25.9 Å².